The van der Waals surface area contributed by atoms with Gasteiger partial charge in [-0.05, 0) is 45.2 Å². The number of aryl methyl sites for hydroxylation is 2. The number of hydrogen-bond acceptors (Lipinski definition) is 2. The van der Waals surface area contributed by atoms with Crippen LogP contribution in [0.15, 0.2) is 12.4 Å². The quantitative estimate of drug-likeness (QED) is 0.816. The fourth-order valence-electron chi connectivity index (χ4n) is 2.36. The second-order valence-corrected chi connectivity index (χ2v) is 4.36. The van der Waals surface area contributed by atoms with Crippen molar-refractivity contribution in [1.29, 1.82) is 0 Å². The van der Waals surface area contributed by atoms with Gasteiger partial charge in [-0.15, -0.1) is 0 Å². The molecule has 1 saturated heterocycles. The van der Waals surface area contributed by atoms with E-state index in [0.29, 0.717) is 0 Å². The first kappa shape index (κ1) is 10.7. The highest BCUT2D eigenvalue weighted by Crippen LogP contribution is 2.18. The molecule has 1 aliphatic rings. The molecule has 2 rings (SSSR count). The third-order valence-electron chi connectivity index (χ3n) is 3.38. The molecule has 0 aromatic carbocycles. The van der Waals surface area contributed by atoms with Crippen LogP contribution in [0, 0.1) is 5.92 Å². The summed E-state index contributed by atoms with van der Waals surface area (Å²) in [6, 6.07) is 0. The minimum Gasteiger partial charge on any atom is -0.335 e. The first-order valence-electron chi connectivity index (χ1n) is 6.11. The van der Waals surface area contributed by atoms with E-state index in [9.17, 15) is 0 Å². The minimum absolute atomic E-state index is 0.910. The van der Waals surface area contributed by atoms with Crippen LogP contribution >= 0.6 is 0 Å². The van der Waals surface area contributed by atoms with Crippen molar-refractivity contribution in [2.45, 2.75) is 39.2 Å². The smallest absolute Gasteiger partial charge is 0.108 e. The van der Waals surface area contributed by atoms with Crippen molar-refractivity contribution in [3.63, 3.8) is 0 Å². The average molecular weight is 207 g/mol. The zero-order valence-corrected chi connectivity index (χ0v) is 9.58. The van der Waals surface area contributed by atoms with E-state index in [2.05, 4.69) is 28.0 Å². The van der Waals surface area contributed by atoms with Crippen molar-refractivity contribution >= 4 is 0 Å². The van der Waals surface area contributed by atoms with Gasteiger partial charge in [0.2, 0.25) is 0 Å². The first-order valence-corrected chi connectivity index (χ1v) is 6.11. The van der Waals surface area contributed by atoms with E-state index < -0.39 is 0 Å². The normalized spacial score (nSPS) is 18.2. The monoisotopic (exact) mass is 207 g/mol. The van der Waals surface area contributed by atoms with Crippen molar-refractivity contribution in [3.05, 3.63) is 18.2 Å². The van der Waals surface area contributed by atoms with Crippen molar-refractivity contribution < 1.29 is 0 Å². The summed E-state index contributed by atoms with van der Waals surface area (Å²) in [7, 11) is 0. The Morgan fingerprint density at radius 1 is 1.47 bits per heavy atom. The van der Waals surface area contributed by atoms with Crippen LogP contribution in [0.5, 0.6) is 0 Å². The molecule has 84 valence electrons. The predicted octanol–water partition coefficient (Wildman–Crippen LogP) is 1.84. The highest BCUT2D eigenvalue weighted by Gasteiger charge is 2.13. The SMILES string of the molecule is CCn1ccnc1CCC1CCNCC1. The Kier molecular flexibility index (Phi) is 3.78. The Labute approximate surface area is 91.9 Å². The van der Waals surface area contributed by atoms with Gasteiger partial charge in [-0.3, -0.25) is 0 Å². The highest BCUT2D eigenvalue weighted by atomic mass is 15.0. The lowest BCUT2D eigenvalue weighted by Crippen LogP contribution is -2.28. The lowest BCUT2D eigenvalue weighted by atomic mass is 9.93. The molecule has 3 heteroatoms. The van der Waals surface area contributed by atoms with Crippen molar-refractivity contribution in [1.82, 2.24) is 14.9 Å². The summed E-state index contributed by atoms with van der Waals surface area (Å²) in [5.74, 6) is 2.17. The van der Waals surface area contributed by atoms with Gasteiger partial charge in [-0.1, -0.05) is 0 Å². The van der Waals surface area contributed by atoms with Gasteiger partial charge in [0, 0.05) is 25.4 Å². The molecule has 0 bridgehead atoms. The molecule has 0 aliphatic carbocycles. The van der Waals surface area contributed by atoms with Gasteiger partial charge in [0.15, 0.2) is 0 Å². The second-order valence-electron chi connectivity index (χ2n) is 4.36. The van der Waals surface area contributed by atoms with Crippen molar-refractivity contribution in [2.24, 2.45) is 5.92 Å². The van der Waals surface area contributed by atoms with E-state index in [0.717, 1.165) is 18.9 Å². The van der Waals surface area contributed by atoms with Crippen LogP contribution < -0.4 is 5.32 Å². The molecule has 0 saturated carbocycles. The lowest BCUT2D eigenvalue weighted by Gasteiger charge is -2.22. The number of hydrogen-bond donors (Lipinski definition) is 1. The van der Waals surface area contributed by atoms with Crippen LogP contribution in [-0.4, -0.2) is 22.6 Å². The summed E-state index contributed by atoms with van der Waals surface area (Å²) >= 11 is 0. The topological polar surface area (TPSA) is 29.9 Å². The molecule has 1 N–H and O–H groups in total. The summed E-state index contributed by atoms with van der Waals surface area (Å²) in [6.07, 6.45) is 9.13. The summed E-state index contributed by atoms with van der Waals surface area (Å²) in [5.41, 5.74) is 0. The van der Waals surface area contributed by atoms with Gasteiger partial charge in [0.1, 0.15) is 5.82 Å². The Morgan fingerprint density at radius 3 is 3.00 bits per heavy atom. The second kappa shape index (κ2) is 5.31. The summed E-state index contributed by atoms with van der Waals surface area (Å²) in [6.45, 7) is 5.62. The van der Waals surface area contributed by atoms with Gasteiger partial charge in [-0.2, -0.15) is 0 Å². The van der Waals surface area contributed by atoms with E-state index in [1.807, 2.05) is 6.20 Å². The number of rotatable bonds is 4. The van der Waals surface area contributed by atoms with Gasteiger partial charge in [0.05, 0.1) is 0 Å². The molecule has 0 amide bonds. The molecular formula is C12H21N3. The molecule has 0 spiro atoms. The molecule has 0 unspecified atom stereocenters. The number of imidazole rings is 1. The molecule has 0 atom stereocenters. The molecule has 1 aliphatic heterocycles. The van der Waals surface area contributed by atoms with Crippen LogP contribution in [-0.2, 0) is 13.0 Å². The van der Waals surface area contributed by atoms with E-state index in [1.54, 1.807) is 0 Å². The number of nitrogens with one attached hydrogen (secondary N) is 1. The maximum Gasteiger partial charge on any atom is 0.108 e. The average Bonchev–Trinajstić information content (AvgIpc) is 2.75. The van der Waals surface area contributed by atoms with Crippen molar-refractivity contribution in [3.8, 4) is 0 Å². The van der Waals surface area contributed by atoms with Crippen LogP contribution in [0.3, 0.4) is 0 Å². The van der Waals surface area contributed by atoms with E-state index in [1.165, 1.54) is 38.2 Å². The highest BCUT2D eigenvalue weighted by molar-refractivity contribution is 4.92. The largest absolute Gasteiger partial charge is 0.335 e. The van der Waals surface area contributed by atoms with Crippen molar-refractivity contribution in [2.75, 3.05) is 13.1 Å². The lowest BCUT2D eigenvalue weighted by molar-refractivity contribution is 0.351. The Morgan fingerprint density at radius 2 is 2.27 bits per heavy atom. The van der Waals surface area contributed by atoms with Crippen LogP contribution in [0.4, 0.5) is 0 Å². The van der Waals surface area contributed by atoms with E-state index in [-0.39, 0.29) is 0 Å². The molecule has 3 nitrogen and oxygen atoms in total. The number of nitrogens with zero attached hydrogens (tertiary/aromatic N) is 2. The predicted molar refractivity (Wildman–Crippen MR) is 61.8 cm³/mol. The maximum absolute atomic E-state index is 4.42. The molecule has 1 aromatic rings. The minimum atomic E-state index is 0.910. The van der Waals surface area contributed by atoms with Gasteiger partial charge >= 0.3 is 0 Å². The van der Waals surface area contributed by atoms with Gasteiger partial charge < -0.3 is 9.88 Å². The van der Waals surface area contributed by atoms with Crippen LogP contribution in [0.25, 0.3) is 0 Å². The maximum atomic E-state index is 4.42. The van der Waals surface area contributed by atoms with Gasteiger partial charge in [0.25, 0.3) is 0 Å². The van der Waals surface area contributed by atoms with E-state index in [4.69, 9.17) is 0 Å². The summed E-state index contributed by atoms with van der Waals surface area (Å²) in [4.78, 5) is 4.42. The Bertz CT molecular complexity index is 287. The standard InChI is InChI=1S/C12H21N3/c1-2-15-10-9-14-12(15)4-3-11-5-7-13-8-6-11/h9-11,13H,2-8H2,1H3. The Hall–Kier alpha value is -0.830. The van der Waals surface area contributed by atoms with Crippen LogP contribution in [0.2, 0.25) is 0 Å². The fraction of sp³-hybridized carbons (Fsp3) is 0.750. The molecule has 1 aromatic heterocycles. The summed E-state index contributed by atoms with van der Waals surface area (Å²) in [5, 5.41) is 3.41. The molecule has 1 fully saturated rings. The molecule has 0 radical (unpaired) electrons. The van der Waals surface area contributed by atoms with Crippen LogP contribution in [0.1, 0.15) is 32.0 Å². The third-order valence-corrected chi connectivity index (χ3v) is 3.38. The van der Waals surface area contributed by atoms with Gasteiger partial charge in [-0.25, -0.2) is 4.98 Å². The van der Waals surface area contributed by atoms with E-state index >= 15 is 0 Å². The molecular weight excluding hydrogens is 186 g/mol. The number of piperidine rings is 1. The number of aromatic nitrogens is 2. The molecule has 15 heavy (non-hydrogen) atoms. The summed E-state index contributed by atoms with van der Waals surface area (Å²) < 4.78 is 2.25. The zero-order chi connectivity index (χ0) is 10.5. The zero-order valence-electron chi connectivity index (χ0n) is 9.58. The first-order chi connectivity index (χ1) is 7.40. The molecule has 2 heterocycles. The fourth-order valence-corrected chi connectivity index (χ4v) is 2.36. The third kappa shape index (κ3) is 2.81. The Balaban J connectivity index is 1.81.